The summed E-state index contributed by atoms with van der Waals surface area (Å²) in [4.78, 5) is 12.5. The van der Waals surface area contributed by atoms with E-state index in [0.717, 1.165) is 17.2 Å². The normalized spacial score (nSPS) is 11.8. The molecule has 3 rings (SSSR count). The molecule has 0 bridgehead atoms. The van der Waals surface area contributed by atoms with E-state index in [2.05, 4.69) is 5.32 Å². The molecule has 28 heavy (non-hydrogen) atoms. The number of nitrogens with one attached hydrogen (secondary N) is 1. The summed E-state index contributed by atoms with van der Waals surface area (Å²) in [6, 6.07) is 21.5. The van der Waals surface area contributed by atoms with E-state index in [-0.39, 0.29) is 23.9 Å². The first-order chi connectivity index (χ1) is 13.6. The van der Waals surface area contributed by atoms with Crippen molar-refractivity contribution >= 4 is 22.3 Å². The molecule has 0 aliphatic rings. The lowest BCUT2D eigenvalue weighted by Gasteiger charge is -2.20. The molecule has 0 aliphatic heterocycles. The zero-order valence-corrected chi connectivity index (χ0v) is 15.8. The second kappa shape index (κ2) is 9.27. The lowest BCUT2D eigenvalue weighted by Crippen LogP contribution is -2.35. The highest BCUT2D eigenvalue weighted by molar-refractivity contribution is 5.94. The maximum Gasteiger partial charge on any atom is 0.274 e. The van der Waals surface area contributed by atoms with Crippen LogP contribution in [0.5, 0.6) is 0 Å². The minimum Gasteiger partial charge on any atom is -0.349 e. The predicted molar refractivity (Wildman–Crippen MR) is 110 cm³/mol. The first-order valence-corrected chi connectivity index (χ1v) is 9.47. The van der Waals surface area contributed by atoms with Gasteiger partial charge in [-0.15, -0.1) is 0 Å². The molecular weight excluding hydrogens is 356 g/mol. The molecule has 2 nitrogen and oxygen atoms in total. The maximum atomic E-state index is 13.8. The van der Waals surface area contributed by atoms with Gasteiger partial charge in [0.15, 0.2) is 0 Å². The van der Waals surface area contributed by atoms with Crippen LogP contribution in [0.2, 0.25) is 0 Å². The Morgan fingerprint density at radius 1 is 0.893 bits per heavy atom. The summed E-state index contributed by atoms with van der Waals surface area (Å²) in [5.74, 6) is -0.240. The number of fused-ring (bicyclic) bond motifs is 1. The Hall–Kier alpha value is -3.01. The van der Waals surface area contributed by atoms with Crippen molar-refractivity contribution in [1.29, 1.82) is 0 Å². The minimum atomic E-state index is -1.70. The molecule has 1 N–H and O–H groups in total. The molecule has 0 fully saturated rings. The van der Waals surface area contributed by atoms with Crippen molar-refractivity contribution in [2.75, 3.05) is 0 Å². The smallest absolute Gasteiger partial charge is 0.274 e. The molecule has 0 heterocycles. The molecule has 0 saturated heterocycles. The van der Waals surface area contributed by atoms with Crippen molar-refractivity contribution in [3.8, 4) is 0 Å². The fourth-order valence-electron chi connectivity index (χ4n) is 3.36. The summed E-state index contributed by atoms with van der Waals surface area (Å²) < 4.78 is 27.6. The Kier molecular flexibility index (Phi) is 6.53. The van der Waals surface area contributed by atoms with E-state index in [0.29, 0.717) is 17.5 Å². The van der Waals surface area contributed by atoms with Crippen LogP contribution < -0.4 is 5.32 Å². The lowest BCUT2D eigenvalue weighted by molar-refractivity contribution is 0.0935. The second-order valence-electron chi connectivity index (χ2n) is 6.83. The Labute approximate surface area is 163 Å². The summed E-state index contributed by atoms with van der Waals surface area (Å²) in [5.41, 5.74) is 1.01. The van der Waals surface area contributed by atoms with Crippen molar-refractivity contribution in [2.45, 2.75) is 32.2 Å². The van der Waals surface area contributed by atoms with Gasteiger partial charge in [0.05, 0.1) is 0 Å². The lowest BCUT2D eigenvalue weighted by atomic mass is 9.95. The molecule has 1 amide bonds. The first kappa shape index (κ1) is 19.7. The number of amides is 1. The van der Waals surface area contributed by atoms with Gasteiger partial charge < -0.3 is 5.32 Å². The topological polar surface area (TPSA) is 29.1 Å². The zero-order valence-electron chi connectivity index (χ0n) is 15.8. The summed E-state index contributed by atoms with van der Waals surface area (Å²) >= 11 is 0. The standard InChI is InChI=1S/C24H23F2NO/c1-2-8-21(27-24(28)18-10-4-3-5-11-18)16-22(23(25)26)20-14-13-17-9-6-7-12-19(17)15-20/h3-7,9-15,21H,2,8,16H2,1H3,(H,27,28). The molecule has 0 aromatic heterocycles. The van der Waals surface area contributed by atoms with E-state index in [4.69, 9.17) is 0 Å². The Bertz CT molecular complexity index is 978. The van der Waals surface area contributed by atoms with E-state index in [1.54, 1.807) is 36.4 Å². The van der Waals surface area contributed by atoms with Crippen LogP contribution in [0.4, 0.5) is 8.78 Å². The summed E-state index contributed by atoms with van der Waals surface area (Å²) in [7, 11) is 0. The van der Waals surface area contributed by atoms with Crippen LogP contribution in [-0.4, -0.2) is 11.9 Å². The minimum absolute atomic E-state index is 0.0161. The largest absolute Gasteiger partial charge is 0.349 e. The van der Waals surface area contributed by atoms with Gasteiger partial charge >= 0.3 is 0 Å². The number of rotatable bonds is 7. The van der Waals surface area contributed by atoms with E-state index < -0.39 is 6.08 Å². The van der Waals surface area contributed by atoms with Gasteiger partial charge in [-0.05, 0) is 47.4 Å². The zero-order chi connectivity index (χ0) is 19.9. The third kappa shape index (κ3) is 4.83. The van der Waals surface area contributed by atoms with E-state index in [9.17, 15) is 13.6 Å². The van der Waals surface area contributed by atoms with Crippen LogP contribution in [-0.2, 0) is 0 Å². The molecule has 0 aliphatic carbocycles. The third-order valence-corrected chi connectivity index (χ3v) is 4.78. The van der Waals surface area contributed by atoms with Crippen molar-refractivity contribution in [3.63, 3.8) is 0 Å². The van der Waals surface area contributed by atoms with Gasteiger partial charge in [0.1, 0.15) is 0 Å². The average molecular weight is 379 g/mol. The molecule has 0 saturated carbocycles. The molecule has 0 radical (unpaired) electrons. The van der Waals surface area contributed by atoms with Gasteiger partial charge in [0.25, 0.3) is 12.0 Å². The quantitative estimate of drug-likeness (QED) is 0.503. The number of hydrogen-bond acceptors (Lipinski definition) is 1. The Morgan fingerprint density at radius 2 is 1.57 bits per heavy atom. The Morgan fingerprint density at radius 3 is 2.25 bits per heavy atom. The van der Waals surface area contributed by atoms with E-state index in [1.165, 1.54) is 0 Å². The summed E-state index contributed by atoms with van der Waals surface area (Å²) in [6.45, 7) is 1.98. The van der Waals surface area contributed by atoms with E-state index >= 15 is 0 Å². The van der Waals surface area contributed by atoms with Crippen molar-refractivity contribution < 1.29 is 13.6 Å². The van der Waals surface area contributed by atoms with Gasteiger partial charge in [-0.3, -0.25) is 4.79 Å². The van der Waals surface area contributed by atoms with Crippen LogP contribution in [0.15, 0.2) is 78.9 Å². The molecule has 3 aromatic carbocycles. The van der Waals surface area contributed by atoms with Crippen molar-refractivity contribution in [1.82, 2.24) is 5.32 Å². The fourth-order valence-corrected chi connectivity index (χ4v) is 3.36. The summed E-state index contributed by atoms with van der Waals surface area (Å²) in [6.07, 6.45) is -0.195. The molecular formula is C24H23F2NO. The maximum absolute atomic E-state index is 13.8. The highest BCUT2D eigenvalue weighted by Gasteiger charge is 2.19. The van der Waals surface area contributed by atoms with Gasteiger partial charge in [-0.1, -0.05) is 67.9 Å². The molecule has 1 atom stereocenters. The highest BCUT2D eigenvalue weighted by Crippen LogP contribution is 2.29. The molecule has 144 valence electrons. The number of hydrogen-bond donors (Lipinski definition) is 1. The average Bonchev–Trinajstić information content (AvgIpc) is 2.72. The summed E-state index contributed by atoms with van der Waals surface area (Å²) in [5, 5.41) is 4.84. The van der Waals surface area contributed by atoms with Crippen LogP contribution in [0.1, 0.15) is 42.1 Å². The Balaban J connectivity index is 1.84. The monoisotopic (exact) mass is 379 g/mol. The SMILES string of the molecule is CCCC(CC(=C(F)F)c1ccc2ccccc2c1)NC(=O)c1ccccc1. The van der Waals surface area contributed by atoms with Crippen LogP contribution in [0.3, 0.4) is 0 Å². The first-order valence-electron chi connectivity index (χ1n) is 9.47. The van der Waals surface area contributed by atoms with Crippen molar-refractivity contribution in [3.05, 3.63) is 90.0 Å². The number of carbonyl (C=O) groups is 1. The van der Waals surface area contributed by atoms with Gasteiger partial charge in [0.2, 0.25) is 0 Å². The van der Waals surface area contributed by atoms with Crippen LogP contribution in [0, 0.1) is 0 Å². The van der Waals surface area contributed by atoms with Gasteiger partial charge in [0, 0.05) is 17.2 Å². The third-order valence-electron chi connectivity index (χ3n) is 4.78. The van der Waals surface area contributed by atoms with Gasteiger partial charge in [-0.2, -0.15) is 8.78 Å². The molecule has 1 unspecified atom stereocenters. The molecule has 4 heteroatoms. The molecule has 0 spiro atoms. The number of carbonyl (C=O) groups excluding carboxylic acids is 1. The van der Waals surface area contributed by atoms with Crippen LogP contribution >= 0.6 is 0 Å². The number of halogens is 2. The highest BCUT2D eigenvalue weighted by atomic mass is 19.3. The number of benzene rings is 3. The molecule has 3 aromatic rings. The van der Waals surface area contributed by atoms with E-state index in [1.807, 2.05) is 43.3 Å². The fraction of sp³-hybridized carbons (Fsp3) is 0.208. The second-order valence-corrected chi connectivity index (χ2v) is 6.83. The predicted octanol–water partition coefficient (Wildman–Crippen LogP) is 6.44. The van der Waals surface area contributed by atoms with Crippen LogP contribution in [0.25, 0.3) is 16.3 Å². The van der Waals surface area contributed by atoms with Gasteiger partial charge in [-0.25, -0.2) is 0 Å². The van der Waals surface area contributed by atoms with Crippen molar-refractivity contribution in [2.24, 2.45) is 0 Å².